The predicted molar refractivity (Wildman–Crippen MR) is 74.7 cm³/mol. The zero-order chi connectivity index (χ0) is 15.2. The molecule has 0 radical (unpaired) electrons. The summed E-state index contributed by atoms with van der Waals surface area (Å²) in [6.45, 7) is 0.755. The van der Waals surface area contributed by atoms with Crippen LogP contribution in [0, 0.1) is 0 Å². The standard InChI is InChI=1S/C14H17N3O4/c1-17(7-8-21-10-5-3-2-4-6-10)12(18)9-11-13(19)16-14(20)15-11/h2-6,11H,7-9H2,1H3,(H2,15,16,19,20). The molecule has 1 aliphatic rings. The van der Waals surface area contributed by atoms with Crippen LogP contribution in [0.1, 0.15) is 6.42 Å². The van der Waals surface area contributed by atoms with Crippen molar-refractivity contribution in [2.24, 2.45) is 0 Å². The number of urea groups is 1. The highest BCUT2D eigenvalue weighted by Crippen LogP contribution is 2.08. The van der Waals surface area contributed by atoms with Crippen molar-refractivity contribution in [1.29, 1.82) is 0 Å². The lowest BCUT2D eigenvalue weighted by atomic mass is 10.2. The van der Waals surface area contributed by atoms with Crippen LogP contribution in [0.2, 0.25) is 0 Å². The third kappa shape index (κ3) is 4.20. The average Bonchev–Trinajstić information content (AvgIpc) is 2.78. The van der Waals surface area contributed by atoms with Crippen molar-refractivity contribution in [2.75, 3.05) is 20.2 Å². The van der Waals surface area contributed by atoms with Gasteiger partial charge in [0.25, 0.3) is 5.91 Å². The van der Waals surface area contributed by atoms with E-state index in [-0.39, 0.29) is 12.3 Å². The molecule has 1 heterocycles. The Hall–Kier alpha value is -2.57. The van der Waals surface area contributed by atoms with Crippen LogP contribution in [-0.4, -0.2) is 49.0 Å². The summed E-state index contributed by atoms with van der Waals surface area (Å²) < 4.78 is 5.49. The van der Waals surface area contributed by atoms with Gasteiger partial charge in [-0.1, -0.05) is 18.2 Å². The van der Waals surface area contributed by atoms with Crippen molar-refractivity contribution >= 4 is 17.8 Å². The second-order valence-corrected chi connectivity index (χ2v) is 4.70. The van der Waals surface area contributed by atoms with Crippen LogP contribution in [-0.2, 0) is 9.59 Å². The fourth-order valence-electron chi connectivity index (χ4n) is 1.87. The Kier molecular flexibility index (Phi) is 4.76. The molecule has 1 aromatic carbocycles. The molecule has 1 aromatic rings. The second kappa shape index (κ2) is 6.74. The van der Waals surface area contributed by atoms with Crippen molar-refractivity contribution in [1.82, 2.24) is 15.5 Å². The lowest BCUT2D eigenvalue weighted by Gasteiger charge is -2.18. The van der Waals surface area contributed by atoms with E-state index in [1.54, 1.807) is 7.05 Å². The Morgan fingerprint density at radius 1 is 1.29 bits per heavy atom. The van der Waals surface area contributed by atoms with E-state index in [0.29, 0.717) is 13.2 Å². The van der Waals surface area contributed by atoms with E-state index in [9.17, 15) is 14.4 Å². The number of nitrogens with one attached hydrogen (secondary N) is 2. The van der Waals surface area contributed by atoms with Crippen LogP contribution in [0.3, 0.4) is 0 Å². The normalized spacial score (nSPS) is 17.1. The number of benzene rings is 1. The number of rotatable bonds is 6. The number of para-hydroxylation sites is 1. The molecule has 7 nitrogen and oxygen atoms in total. The molecule has 0 bridgehead atoms. The molecule has 112 valence electrons. The topological polar surface area (TPSA) is 87.7 Å². The van der Waals surface area contributed by atoms with Gasteiger partial charge in [0.1, 0.15) is 18.4 Å². The van der Waals surface area contributed by atoms with Gasteiger partial charge in [0.2, 0.25) is 5.91 Å². The Morgan fingerprint density at radius 2 is 2.00 bits per heavy atom. The van der Waals surface area contributed by atoms with Crippen LogP contribution < -0.4 is 15.4 Å². The third-order valence-corrected chi connectivity index (χ3v) is 3.10. The van der Waals surface area contributed by atoms with E-state index >= 15 is 0 Å². The van der Waals surface area contributed by atoms with Crippen molar-refractivity contribution in [3.63, 3.8) is 0 Å². The highest BCUT2D eigenvalue weighted by Gasteiger charge is 2.31. The monoisotopic (exact) mass is 291 g/mol. The summed E-state index contributed by atoms with van der Waals surface area (Å²) in [5, 5.41) is 4.48. The molecule has 0 aromatic heterocycles. The Bertz CT molecular complexity index is 532. The average molecular weight is 291 g/mol. The number of nitrogens with zero attached hydrogens (tertiary/aromatic N) is 1. The van der Waals surface area contributed by atoms with Gasteiger partial charge in [0, 0.05) is 7.05 Å². The molecular weight excluding hydrogens is 274 g/mol. The summed E-state index contributed by atoms with van der Waals surface area (Å²) in [6, 6.07) is 7.94. The number of ether oxygens (including phenoxy) is 1. The maximum atomic E-state index is 11.9. The van der Waals surface area contributed by atoms with Crippen molar-refractivity contribution in [3.8, 4) is 5.75 Å². The molecule has 21 heavy (non-hydrogen) atoms. The molecule has 1 fully saturated rings. The molecule has 0 spiro atoms. The van der Waals surface area contributed by atoms with Gasteiger partial charge in [-0.25, -0.2) is 4.79 Å². The first kappa shape index (κ1) is 14.8. The van der Waals surface area contributed by atoms with Crippen LogP contribution in [0.4, 0.5) is 4.79 Å². The summed E-state index contributed by atoms with van der Waals surface area (Å²) in [6.07, 6.45) is -0.0561. The van der Waals surface area contributed by atoms with Gasteiger partial charge >= 0.3 is 6.03 Å². The Labute approximate surface area is 122 Å². The minimum absolute atomic E-state index is 0.0561. The van der Waals surface area contributed by atoms with Crippen LogP contribution in [0.15, 0.2) is 30.3 Å². The summed E-state index contributed by atoms with van der Waals surface area (Å²) in [7, 11) is 1.63. The molecule has 0 aliphatic carbocycles. The molecule has 1 atom stereocenters. The number of imide groups is 1. The Balaban J connectivity index is 1.73. The molecule has 0 saturated carbocycles. The van der Waals surface area contributed by atoms with Gasteiger partial charge in [-0.15, -0.1) is 0 Å². The predicted octanol–water partition coefficient (Wildman–Crippen LogP) is 0.122. The molecule has 7 heteroatoms. The summed E-state index contributed by atoms with van der Waals surface area (Å²) in [4.78, 5) is 35.7. The minimum atomic E-state index is -0.789. The summed E-state index contributed by atoms with van der Waals surface area (Å²) in [5.41, 5.74) is 0. The molecule has 2 N–H and O–H groups in total. The van der Waals surface area contributed by atoms with Gasteiger partial charge < -0.3 is 15.0 Å². The number of likely N-dealkylation sites (N-methyl/N-ethyl adjacent to an activating group) is 1. The highest BCUT2D eigenvalue weighted by molar-refractivity contribution is 6.05. The second-order valence-electron chi connectivity index (χ2n) is 4.70. The number of hydrogen-bond acceptors (Lipinski definition) is 4. The summed E-state index contributed by atoms with van der Waals surface area (Å²) in [5.74, 6) is 0.0390. The number of carbonyl (C=O) groups excluding carboxylic acids is 3. The third-order valence-electron chi connectivity index (χ3n) is 3.10. The molecular formula is C14H17N3O4. The number of hydrogen-bond donors (Lipinski definition) is 2. The zero-order valence-electron chi connectivity index (χ0n) is 11.7. The van der Waals surface area contributed by atoms with E-state index in [1.807, 2.05) is 30.3 Å². The van der Waals surface area contributed by atoms with Crippen molar-refractivity contribution in [2.45, 2.75) is 12.5 Å². The largest absolute Gasteiger partial charge is 0.492 e. The quantitative estimate of drug-likeness (QED) is 0.729. The first-order chi connectivity index (χ1) is 10.1. The highest BCUT2D eigenvalue weighted by atomic mass is 16.5. The molecule has 1 saturated heterocycles. The van der Waals surface area contributed by atoms with Gasteiger partial charge in [-0.2, -0.15) is 0 Å². The lowest BCUT2D eigenvalue weighted by molar-refractivity contribution is -0.133. The van der Waals surface area contributed by atoms with Gasteiger partial charge in [-0.3, -0.25) is 14.9 Å². The molecule has 1 unspecified atom stereocenters. The van der Waals surface area contributed by atoms with Gasteiger partial charge in [0.15, 0.2) is 0 Å². The SMILES string of the molecule is CN(CCOc1ccccc1)C(=O)CC1NC(=O)NC1=O. The van der Waals surface area contributed by atoms with E-state index in [1.165, 1.54) is 4.90 Å². The fourth-order valence-corrected chi connectivity index (χ4v) is 1.87. The number of carbonyl (C=O) groups is 3. The number of amides is 4. The van der Waals surface area contributed by atoms with Crippen LogP contribution in [0.25, 0.3) is 0 Å². The molecule has 4 amide bonds. The van der Waals surface area contributed by atoms with Gasteiger partial charge in [-0.05, 0) is 12.1 Å². The lowest BCUT2D eigenvalue weighted by Crippen LogP contribution is -2.38. The maximum Gasteiger partial charge on any atom is 0.322 e. The van der Waals surface area contributed by atoms with E-state index in [4.69, 9.17) is 4.74 Å². The van der Waals surface area contributed by atoms with E-state index < -0.39 is 18.0 Å². The van der Waals surface area contributed by atoms with Crippen molar-refractivity contribution < 1.29 is 19.1 Å². The van der Waals surface area contributed by atoms with E-state index in [2.05, 4.69) is 10.6 Å². The van der Waals surface area contributed by atoms with E-state index in [0.717, 1.165) is 5.75 Å². The fraction of sp³-hybridized carbons (Fsp3) is 0.357. The zero-order valence-corrected chi connectivity index (χ0v) is 11.7. The molecule has 1 aliphatic heterocycles. The Morgan fingerprint density at radius 3 is 2.62 bits per heavy atom. The van der Waals surface area contributed by atoms with Crippen LogP contribution >= 0.6 is 0 Å². The molecule has 2 rings (SSSR count). The smallest absolute Gasteiger partial charge is 0.322 e. The summed E-state index contributed by atoms with van der Waals surface area (Å²) >= 11 is 0. The van der Waals surface area contributed by atoms with Gasteiger partial charge in [0.05, 0.1) is 13.0 Å². The maximum absolute atomic E-state index is 11.9. The van der Waals surface area contributed by atoms with Crippen molar-refractivity contribution in [3.05, 3.63) is 30.3 Å². The first-order valence-corrected chi connectivity index (χ1v) is 6.59. The van der Waals surface area contributed by atoms with Crippen LogP contribution in [0.5, 0.6) is 5.75 Å². The minimum Gasteiger partial charge on any atom is -0.492 e. The first-order valence-electron chi connectivity index (χ1n) is 6.59.